The topological polar surface area (TPSA) is 69.6 Å². The van der Waals surface area contributed by atoms with E-state index in [0.29, 0.717) is 5.56 Å². The molecule has 5 nitrogen and oxygen atoms in total. The van der Waals surface area contributed by atoms with Gasteiger partial charge in [-0.2, -0.15) is 5.01 Å². The van der Waals surface area contributed by atoms with Crippen LogP contribution in [-0.2, 0) is 4.79 Å². The lowest BCUT2D eigenvalue weighted by Crippen LogP contribution is -2.44. The number of aromatic hydroxyl groups is 1. The highest BCUT2D eigenvalue weighted by atomic mass is 32.2. The third kappa shape index (κ3) is 3.70. The van der Waals surface area contributed by atoms with E-state index in [1.54, 1.807) is 18.2 Å². The standard InChI is InChI=1S/C17H11FN2O3S2/c18-11-5-3-4-10(8-11)9-14-16(23)20(17(24)25-14)19-15(22)12-6-1-2-7-13(12)21/h1-9,21H,(H,19,22)/b14-9-. The Balaban J connectivity index is 1.80. The Hall–Kier alpha value is -2.71. The number of phenolic OH excluding ortho intramolecular Hbond substituents is 1. The number of hydrogen-bond donors (Lipinski definition) is 2. The van der Waals surface area contributed by atoms with E-state index >= 15 is 0 Å². The summed E-state index contributed by atoms with van der Waals surface area (Å²) in [7, 11) is 0. The maximum Gasteiger partial charge on any atom is 0.285 e. The van der Waals surface area contributed by atoms with Crippen molar-refractivity contribution in [3.8, 4) is 5.75 Å². The van der Waals surface area contributed by atoms with E-state index in [0.717, 1.165) is 16.8 Å². The smallest absolute Gasteiger partial charge is 0.285 e. The second-order valence-electron chi connectivity index (χ2n) is 5.03. The number of carbonyl (C=O) groups excluding carboxylic acids is 2. The van der Waals surface area contributed by atoms with Crippen LogP contribution in [0.25, 0.3) is 6.08 Å². The van der Waals surface area contributed by atoms with Crippen LogP contribution in [0.4, 0.5) is 4.39 Å². The fraction of sp³-hybridized carbons (Fsp3) is 0. The molecule has 0 aliphatic carbocycles. The lowest BCUT2D eigenvalue weighted by atomic mass is 10.2. The van der Waals surface area contributed by atoms with Crippen LogP contribution in [0, 0.1) is 5.82 Å². The molecule has 0 bridgehead atoms. The summed E-state index contributed by atoms with van der Waals surface area (Å²) in [5.41, 5.74) is 2.90. The molecule has 3 rings (SSSR count). The zero-order chi connectivity index (χ0) is 18.0. The van der Waals surface area contributed by atoms with Gasteiger partial charge >= 0.3 is 0 Å². The number of nitrogens with one attached hydrogen (secondary N) is 1. The Morgan fingerprint density at radius 2 is 2.00 bits per heavy atom. The van der Waals surface area contributed by atoms with Crippen molar-refractivity contribution < 1.29 is 19.1 Å². The van der Waals surface area contributed by atoms with Crippen LogP contribution in [0.1, 0.15) is 15.9 Å². The second kappa shape index (κ2) is 7.04. The van der Waals surface area contributed by atoms with Gasteiger partial charge in [-0.05, 0) is 48.1 Å². The van der Waals surface area contributed by atoms with Crippen LogP contribution in [0.2, 0.25) is 0 Å². The molecule has 0 radical (unpaired) electrons. The minimum absolute atomic E-state index is 0.0191. The summed E-state index contributed by atoms with van der Waals surface area (Å²) in [5.74, 6) is -1.82. The van der Waals surface area contributed by atoms with E-state index in [-0.39, 0.29) is 20.5 Å². The summed E-state index contributed by atoms with van der Waals surface area (Å²) in [4.78, 5) is 24.9. The number of halogens is 1. The number of benzene rings is 2. The molecule has 25 heavy (non-hydrogen) atoms. The Kier molecular flexibility index (Phi) is 4.82. The van der Waals surface area contributed by atoms with Crippen LogP contribution in [0.15, 0.2) is 53.4 Å². The number of amides is 2. The van der Waals surface area contributed by atoms with E-state index in [2.05, 4.69) is 5.43 Å². The Morgan fingerprint density at radius 3 is 2.72 bits per heavy atom. The quantitative estimate of drug-likeness (QED) is 0.638. The number of carbonyl (C=O) groups is 2. The molecule has 2 aromatic carbocycles. The van der Waals surface area contributed by atoms with Gasteiger partial charge in [-0.15, -0.1) is 0 Å². The van der Waals surface area contributed by atoms with E-state index in [1.807, 2.05) is 0 Å². The summed E-state index contributed by atoms with van der Waals surface area (Å²) in [6.45, 7) is 0. The van der Waals surface area contributed by atoms with Crippen molar-refractivity contribution in [2.24, 2.45) is 0 Å². The first-order chi connectivity index (χ1) is 12.0. The van der Waals surface area contributed by atoms with Gasteiger partial charge in [-0.25, -0.2) is 4.39 Å². The molecule has 0 unspecified atom stereocenters. The van der Waals surface area contributed by atoms with Crippen LogP contribution in [0.5, 0.6) is 5.75 Å². The van der Waals surface area contributed by atoms with Gasteiger partial charge in [0.25, 0.3) is 11.8 Å². The number of thioether (sulfide) groups is 1. The SMILES string of the molecule is O=C(NN1C(=O)/C(=C/c2cccc(F)c2)SC1=S)c1ccccc1O. The molecule has 2 N–H and O–H groups in total. The molecular formula is C17H11FN2O3S2. The monoisotopic (exact) mass is 374 g/mol. The lowest BCUT2D eigenvalue weighted by molar-refractivity contribution is -0.123. The van der Waals surface area contributed by atoms with Crippen molar-refractivity contribution in [3.63, 3.8) is 0 Å². The zero-order valence-corrected chi connectivity index (χ0v) is 14.2. The Bertz CT molecular complexity index is 914. The molecule has 2 aromatic rings. The summed E-state index contributed by atoms with van der Waals surface area (Å²) < 4.78 is 13.4. The van der Waals surface area contributed by atoms with Crippen LogP contribution in [0.3, 0.4) is 0 Å². The van der Waals surface area contributed by atoms with E-state index < -0.39 is 17.6 Å². The summed E-state index contributed by atoms with van der Waals surface area (Å²) in [6.07, 6.45) is 1.49. The van der Waals surface area contributed by atoms with Crippen molar-refractivity contribution in [3.05, 3.63) is 70.4 Å². The van der Waals surface area contributed by atoms with Crippen molar-refractivity contribution in [2.45, 2.75) is 0 Å². The zero-order valence-electron chi connectivity index (χ0n) is 12.6. The fourth-order valence-electron chi connectivity index (χ4n) is 2.14. The number of thiocarbonyl (C=S) groups is 1. The molecule has 0 atom stereocenters. The molecule has 2 amide bonds. The molecule has 1 heterocycles. The summed E-state index contributed by atoms with van der Waals surface area (Å²) in [5, 5.41) is 10.6. The predicted octanol–water partition coefficient (Wildman–Crippen LogP) is 3.08. The fourth-order valence-corrected chi connectivity index (χ4v) is 3.32. The molecule has 0 spiro atoms. The number of nitrogens with zero attached hydrogens (tertiary/aromatic N) is 1. The molecular weight excluding hydrogens is 363 g/mol. The van der Waals surface area contributed by atoms with Gasteiger partial charge in [0.2, 0.25) is 0 Å². The highest BCUT2D eigenvalue weighted by molar-refractivity contribution is 8.26. The first kappa shape index (κ1) is 17.1. The van der Waals surface area contributed by atoms with Crippen LogP contribution >= 0.6 is 24.0 Å². The molecule has 1 saturated heterocycles. The first-order valence-electron chi connectivity index (χ1n) is 7.08. The molecule has 1 aliphatic rings. The molecule has 1 fully saturated rings. The normalized spacial score (nSPS) is 15.7. The van der Waals surface area contributed by atoms with Gasteiger partial charge < -0.3 is 5.11 Å². The van der Waals surface area contributed by atoms with Gasteiger partial charge in [0.05, 0.1) is 10.5 Å². The average Bonchev–Trinajstić information content (AvgIpc) is 2.83. The van der Waals surface area contributed by atoms with Gasteiger partial charge in [0, 0.05) is 0 Å². The molecule has 0 saturated carbocycles. The molecule has 1 aliphatic heterocycles. The largest absolute Gasteiger partial charge is 0.507 e. The van der Waals surface area contributed by atoms with Crippen molar-refractivity contribution >= 4 is 46.2 Å². The van der Waals surface area contributed by atoms with Gasteiger partial charge in [-0.3, -0.25) is 15.0 Å². The minimum atomic E-state index is -0.665. The van der Waals surface area contributed by atoms with Crippen molar-refractivity contribution in [2.75, 3.05) is 0 Å². The van der Waals surface area contributed by atoms with E-state index in [4.69, 9.17) is 12.2 Å². The van der Waals surface area contributed by atoms with Gasteiger partial charge in [0.1, 0.15) is 11.6 Å². The van der Waals surface area contributed by atoms with Crippen molar-refractivity contribution in [1.29, 1.82) is 0 Å². The highest BCUT2D eigenvalue weighted by Crippen LogP contribution is 2.31. The maximum absolute atomic E-state index is 13.3. The number of phenols is 1. The highest BCUT2D eigenvalue weighted by Gasteiger charge is 2.34. The third-order valence-corrected chi connectivity index (χ3v) is 4.60. The number of hydrogen-bond acceptors (Lipinski definition) is 5. The average molecular weight is 374 g/mol. The summed E-state index contributed by atoms with van der Waals surface area (Å²) >= 11 is 6.11. The third-order valence-electron chi connectivity index (χ3n) is 3.30. The Labute approximate surface area is 152 Å². The number of para-hydroxylation sites is 1. The van der Waals surface area contributed by atoms with Crippen molar-refractivity contribution in [1.82, 2.24) is 10.4 Å². The Morgan fingerprint density at radius 1 is 1.24 bits per heavy atom. The molecule has 126 valence electrons. The molecule has 0 aromatic heterocycles. The molecule has 8 heteroatoms. The lowest BCUT2D eigenvalue weighted by Gasteiger charge is -2.16. The number of hydrazine groups is 1. The number of rotatable bonds is 3. The summed E-state index contributed by atoms with van der Waals surface area (Å²) in [6, 6.07) is 11.7. The van der Waals surface area contributed by atoms with Crippen LogP contribution < -0.4 is 5.43 Å². The van der Waals surface area contributed by atoms with Gasteiger partial charge in [0.15, 0.2) is 4.32 Å². The van der Waals surface area contributed by atoms with Gasteiger partial charge in [-0.1, -0.05) is 36.0 Å². The van der Waals surface area contributed by atoms with E-state index in [1.165, 1.54) is 36.4 Å². The second-order valence-corrected chi connectivity index (χ2v) is 6.71. The predicted molar refractivity (Wildman–Crippen MR) is 97.0 cm³/mol. The minimum Gasteiger partial charge on any atom is -0.507 e. The van der Waals surface area contributed by atoms with E-state index in [9.17, 15) is 19.1 Å². The maximum atomic E-state index is 13.3. The first-order valence-corrected chi connectivity index (χ1v) is 8.30. The van der Waals surface area contributed by atoms with Crippen LogP contribution in [-0.4, -0.2) is 26.3 Å².